The number of unbranched alkanes of at least 4 members (excludes halogenated alkanes) is 8. The third kappa shape index (κ3) is 26.4. The molecule has 0 aromatic carbocycles. The number of likely N-dealkylation sites (N-methyl/N-ethyl adjacent to an activating group) is 1. The number of hydrogen-bond acceptors (Lipinski definition) is 5. The van der Waals surface area contributed by atoms with Gasteiger partial charge in [-0.15, -0.1) is 0 Å². The lowest BCUT2D eigenvalue weighted by Gasteiger charge is -2.31. The van der Waals surface area contributed by atoms with Crippen molar-refractivity contribution in [2.24, 2.45) is 0 Å². The van der Waals surface area contributed by atoms with E-state index in [1.807, 2.05) is 21.1 Å². The van der Waals surface area contributed by atoms with Crippen molar-refractivity contribution in [1.29, 1.82) is 0 Å². The van der Waals surface area contributed by atoms with E-state index in [9.17, 15) is 19.8 Å². The van der Waals surface area contributed by atoms with Crippen LogP contribution < -0.4 is 0 Å². The van der Waals surface area contributed by atoms with Gasteiger partial charge in [-0.2, -0.15) is 0 Å². The number of ether oxygens (including phenoxy) is 2. The van der Waals surface area contributed by atoms with E-state index in [1.54, 1.807) is 0 Å². The van der Waals surface area contributed by atoms with Crippen LogP contribution in [0.2, 0.25) is 0 Å². The third-order valence-corrected chi connectivity index (χ3v) is 6.72. The SMILES string of the molecule is CC/C=C\C/C=C\C/C=C\C/C=C\CCCCCCCCCCC(=O)OCC(O)COCCC(C(=O)O)[N+](C)(C)C. The molecular weight excluding hydrogens is 518 g/mol. The Morgan fingerprint density at radius 3 is 1.78 bits per heavy atom. The summed E-state index contributed by atoms with van der Waals surface area (Å²) in [4.78, 5) is 23.2. The summed E-state index contributed by atoms with van der Waals surface area (Å²) in [7, 11) is 5.47. The van der Waals surface area contributed by atoms with Crippen LogP contribution in [0, 0.1) is 0 Å². The molecule has 0 amide bonds. The second kappa shape index (κ2) is 26.7. The number of rotatable bonds is 27. The molecule has 236 valence electrons. The molecule has 0 radical (unpaired) electrons. The zero-order valence-electron chi connectivity index (χ0n) is 26.5. The monoisotopic (exact) mass is 578 g/mol. The van der Waals surface area contributed by atoms with Gasteiger partial charge >= 0.3 is 11.9 Å². The predicted molar refractivity (Wildman–Crippen MR) is 169 cm³/mol. The molecule has 41 heavy (non-hydrogen) atoms. The molecule has 2 unspecified atom stereocenters. The normalized spacial score (nSPS) is 14.1. The van der Waals surface area contributed by atoms with Crippen molar-refractivity contribution in [1.82, 2.24) is 0 Å². The first-order chi connectivity index (χ1) is 19.7. The van der Waals surface area contributed by atoms with E-state index in [0.717, 1.165) is 51.4 Å². The minimum Gasteiger partial charge on any atom is -0.477 e. The molecule has 0 saturated heterocycles. The lowest BCUT2D eigenvalue weighted by Crippen LogP contribution is -2.50. The van der Waals surface area contributed by atoms with Crippen molar-refractivity contribution in [3.63, 3.8) is 0 Å². The maximum atomic E-state index is 11.9. The Bertz CT molecular complexity index is 766. The second-order valence-electron chi connectivity index (χ2n) is 11.5. The Labute approximate surface area is 250 Å². The molecule has 0 heterocycles. The van der Waals surface area contributed by atoms with Gasteiger partial charge in [0, 0.05) is 12.8 Å². The van der Waals surface area contributed by atoms with Gasteiger partial charge in [0.1, 0.15) is 12.7 Å². The highest BCUT2D eigenvalue weighted by atomic mass is 16.5. The van der Waals surface area contributed by atoms with Crippen LogP contribution in [0.5, 0.6) is 0 Å². The van der Waals surface area contributed by atoms with Crippen molar-refractivity contribution >= 4 is 11.9 Å². The summed E-state index contributed by atoms with van der Waals surface area (Å²) in [6, 6.07) is -0.577. The number of aliphatic carboxylic acids is 1. The minimum atomic E-state index is -0.908. The molecule has 7 heteroatoms. The smallest absolute Gasteiger partial charge is 0.362 e. The molecule has 0 bridgehead atoms. The molecule has 0 fully saturated rings. The van der Waals surface area contributed by atoms with Gasteiger partial charge < -0.3 is 24.2 Å². The number of quaternary nitrogens is 1. The lowest BCUT2D eigenvalue weighted by molar-refractivity contribution is -0.887. The Kier molecular flexibility index (Phi) is 25.2. The van der Waals surface area contributed by atoms with Gasteiger partial charge in [-0.25, -0.2) is 4.79 Å². The first-order valence-corrected chi connectivity index (χ1v) is 15.7. The quantitative estimate of drug-likeness (QED) is 0.0465. The van der Waals surface area contributed by atoms with Gasteiger partial charge in [-0.3, -0.25) is 4.79 Å². The number of carboxylic acids is 1. The van der Waals surface area contributed by atoms with E-state index in [0.29, 0.717) is 17.3 Å². The number of carbonyl (C=O) groups excluding carboxylic acids is 1. The highest BCUT2D eigenvalue weighted by Gasteiger charge is 2.30. The zero-order chi connectivity index (χ0) is 30.6. The van der Waals surface area contributed by atoms with Gasteiger partial charge in [0.2, 0.25) is 0 Å². The van der Waals surface area contributed by atoms with Crippen LogP contribution in [0.25, 0.3) is 0 Å². The van der Waals surface area contributed by atoms with E-state index < -0.39 is 18.1 Å². The van der Waals surface area contributed by atoms with Crippen LogP contribution in [0.15, 0.2) is 48.6 Å². The average Bonchev–Trinajstić information content (AvgIpc) is 2.91. The van der Waals surface area contributed by atoms with Crippen LogP contribution >= 0.6 is 0 Å². The number of allylic oxidation sites excluding steroid dienone is 8. The summed E-state index contributed by atoms with van der Waals surface area (Å²) in [6.45, 7) is 2.29. The number of carbonyl (C=O) groups is 2. The number of aliphatic hydroxyl groups is 1. The fourth-order valence-corrected chi connectivity index (χ4v) is 4.26. The summed E-state index contributed by atoms with van der Waals surface area (Å²) in [5.74, 6) is -1.17. The van der Waals surface area contributed by atoms with Gasteiger partial charge in [0.25, 0.3) is 0 Å². The zero-order valence-corrected chi connectivity index (χ0v) is 26.5. The molecule has 0 aliphatic heterocycles. The molecule has 0 spiro atoms. The number of carboxylic acid groups (broad SMARTS) is 1. The summed E-state index contributed by atoms with van der Waals surface area (Å²) in [5.41, 5.74) is 0. The van der Waals surface area contributed by atoms with E-state index in [-0.39, 0.29) is 25.8 Å². The van der Waals surface area contributed by atoms with Crippen molar-refractivity contribution in [2.45, 2.75) is 115 Å². The minimum absolute atomic E-state index is 0.0141. The maximum Gasteiger partial charge on any atom is 0.362 e. The van der Waals surface area contributed by atoms with Gasteiger partial charge in [-0.05, 0) is 44.9 Å². The lowest BCUT2D eigenvalue weighted by atomic mass is 10.1. The number of esters is 1. The molecule has 2 N–H and O–H groups in total. The van der Waals surface area contributed by atoms with Crippen LogP contribution in [-0.4, -0.2) is 79.7 Å². The second-order valence-corrected chi connectivity index (χ2v) is 11.5. The fraction of sp³-hybridized carbons (Fsp3) is 0.706. The maximum absolute atomic E-state index is 11.9. The fourth-order valence-electron chi connectivity index (χ4n) is 4.26. The van der Waals surface area contributed by atoms with E-state index >= 15 is 0 Å². The Hall–Kier alpha value is -2.22. The average molecular weight is 579 g/mol. The van der Waals surface area contributed by atoms with E-state index in [1.165, 1.54) is 32.1 Å². The van der Waals surface area contributed by atoms with Crippen molar-refractivity contribution < 1.29 is 33.8 Å². The van der Waals surface area contributed by atoms with Crippen LogP contribution in [0.3, 0.4) is 0 Å². The van der Waals surface area contributed by atoms with Crippen molar-refractivity contribution in [3.8, 4) is 0 Å². The van der Waals surface area contributed by atoms with Gasteiger partial charge in [-0.1, -0.05) is 94.1 Å². The van der Waals surface area contributed by atoms with Gasteiger partial charge in [0.15, 0.2) is 6.04 Å². The molecular formula is C34H60NO6+. The summed E-state index contributed by atoms with van der Waals surface area (Å²) < 4.78 is 10.8. The molecule has 7 nitrogen and oxygen atoms in total. The Morgan fingerprint density at radius 2 is 1.24 bits per heavy atom. The molecule has 0 rings (SSSR count). The summed E-state index contributed by atoms with van der Waals surface area (Å²) in [5, 5.41) is 19.3. The molecule has 0 aliphatic rings. The predicted octanol–water partition coefficient (Wildman–Crippen LogP) is 7.16. The van der Waals surface area contributed by atoms with Crippen LogP contribution in [0.1, 0.15) is 103 Å². The molecule has 0 aromatic heterocycles. The van der Waals surface area contributed by atoms with Crippen LogP contribution in [0.4, 0.5) is 0 Å². The standard InChI is InChI=1S/C34H59NO6/c1-5-6-7-8-9-10-11-12-13-14-15-16-17-18-19-20-21-22-23-24-25-26-33(37)41-30-31(36)29-40-28-27-32(34(38)39)35(2,3)4/h6-7,9-10,12-13,15-16,31-32,36H,5,8,11,14,17-30H2,1-4H3/p+1/b7-6-,10-9-,13-12-,16-15-. The van der Waals surface area contributed by atoms with Crippen molar-refractivity contribution in [2.75, 3.05) is 41.0 Å². The first kappa shape index (κ1) is 38.8. The topological polar surface area (TPSA) is 93.1 Å². The van der Waals surface area contributed by atoms with E-state index in [2.05, 4.69) is 55.5 Å². The molecule has 0 aromatic rings. The molecule has 0 saturated carbocycles. The Balaban J connectivity index is 3.55. The highest BCUT2D eigenvalue weighted by molar-refractivity contribution is 5.72. The largest absolute Gasteiger partial charge is 0.477 e. The summed E-state index contributed by atoms with van der Waals surface area (Å²) >= 11 is 0. The number of aliphatic hydroxyl groups excluding tert-OH is 1. The highest BCUT2D eigenvalue weighted by Crippen LogP contribution is 2.12. The first-order valence-electron chi connectivity index (χ1n) is 15.7. The van der Waals surface area contributed by atoms with Crippen LogP contribution in [-0.2, 0) is 19.1 Å². The Morgan fingerprint density at radius 1 is 0.732 bits per heavy atom. The molecule has 0 aliphatic carbocycles. The molecule has 2 atom stereocenters. The number of nitrogens with zero attached hydrogens (tertiary/aromatic N) is 1. The third-order valence-electron chi connectivity index (χ3n) is 6.72. The number of hydrogen-bond donors (Lipinski definition) is 2. The van der Waals surface area contributed by atoms with E-state index in [4.69, 9.17) is 9.47 Å². The summed E-state index contributed by atoms with van der Waals surface area (Å²) in [6.07, 6.45) is 32.2. The van der Waals surface area contributed by atoms with Gasteiger partial charge in [0.05, 0.1) is 34.4 Å². The van der Waals surface area contributed by atoms with Crippen molar-refractivity contribution in [3.05, 3.63) is 48.6 Å².